The Bertz CT molecular complexity index is 362. The van der Waals surface area contributed by atoms with Crippen molar-refractivity contribution in [2.75, 3.05) is 14.2 Å². The molecule has 0 saturated carbocycles. The predicted molar refractivity (Wildman–Crippen MR) is 62.9 cm³/mol. The molecule has 80 valence electrons. The maximum atomic E-state index is 5.19. The number of hydrogen-bond donors (Lipinski definition) is 1. The lowest BCUT2D eigenvalue weighted by Crippen LogP contribution is -2.15. The van der Waals surface area contributed by atoms with Crippen molar-refractivity contribution in [2.45, 2.75) is 19.4 Å². The predicted octanol–water partition coefficient (Wildman–Crippen LogP) is 2.37. The van der Waals surface area contributed by atoms with Crippen molar-refractivity contribution in [3.8, 4) is 17.6 Å². The molecule has 1 aromatic carbocycles. The van der Waals surface area contributed by atoms with Crippen LogP contribution in [0.25, 0.3) is 0 Å². The van der Waals surface area contributed by atoms with E-state index in [1.165, 1.54) is 5.56 Å². The number of hydrogen-bond acceptors (Lipinski definition) is 2. The Hall–Kier alpha value is -1.46. The molecule has 0 amide bonds. The van der Waals surface area contributed by atoms with Crippen LogP contribution in [0.1, 0.15) is 24.9 Å². The second-order valence-electron chi connectivity index (χ2n) is 3.25. The van der Waals surface area contributed by atoms with Crippen LogP contribution in [-0.2, 0) is 0 Å². The summed E-state index contributed by atoms with van der Waals surface area (Å²) in [4.78, 5) is 0. The highest BCUT2D eigenvalue weighted by atomic mass is 16.5. The summed E-state index contributed by atoms with van der Waals surface area (Å²) in [7, 11) is 3.63. The largest absolute Gasteiger partial charge is 0.497 e. The third-order valence-electron chi connectivity index (χ3n) is 2.33. The summed E-state index contributed by atoms with van der Waals surface area (Å²) in [5.74, 6) is 6.88. The van der Waals surface area contributed by atoms with Crippen LogP contribution in [0.3, 0.4) is 0 Å². The highest BCUT2D eigenvalue weighted by molar-refractivity contribution is 5.31. The molecule has 0 aliphatic heterocycles. The standard InChI is InChI=1S/C13H17NO/c1-4-5-9-13(14-2)11-7-6-8-12(10-11)15-3/h6-8,10,13-14H,9H2,1-3H3. The van der Waals surface area contributed by atoms with Gasteiger partial charge in [-0.3, -0.25) is 0 Å². The molecular formula is C13H17NO. The Morgan fingerprint density at radius 1 is 1.47 bits per heavy atom. The van der Waals surface area contributed by atoms with Crippen LogP contribution in [0.5, 0.6) is 5.75 Å². The molecule has 1 atom stereocenters. The van der Waals surface area contributed by atoms with E-state index in [1.807, 2.05) is 32.2 Å². The lowest BCUT2D eigenvalue weighted by molar-refractivity contribution is 0.413. The maximum absolute atomic E-state index is 5.19. The minimum atomic E-state index is 0.271. The lowest BCUT2D eigenvalue weighted by Gasteiger charge is -2.14. The normalized spacial score (nSPS) is 11.4. The van der Waals surface area contributed by atoms with Gasteiger partial charge in [-0.25, -0.2) is 0 Å². The first-order chi connectivity index (χ1) is 7.31. The van der Waals surface area contributed by atoms with Crippen molar-refractivity contribution >= 4 is 0 Å². The van der Waals surface area contributed by atoms with Crippen LogP contribution >= 0.6 is 0 Å². The van der Waals surface area contributed by atoms with Crippen LogP contribution in [0.2, 0.25) is 0 Å². The monoisotopic (exact) mass is 203 g/mol. The van der Waals surface area contributed by atoms with Crippen LogP contribution in [-0.4, -0.2) is 14.2 Å². The Balaban J connectivity index is 2.84. The van der Waals surface area contributed by atoms with E-state index in [9.17, 15) is 0 Å². The summed E-state index contributed by atoms with van der Waals surface area (Å²) >= 11 is 0. The molecule has 0 radical (unpaired) electrons. The fraction of sp³-hybridized carbons (Fsp3) is 0.385. The van der Waals surface area contributed by atoms with Crippen molar-refractivity contribution in [1.82, 2.24) is 5.32 Å². The van der Waals surface area contributed by atoms with E-state index in [0.29, 0.717) is 0 Å². The molecule has 1 N–H and O–H groups in total. The highest BCUT2D eigenvalue weighted by Gasteiger charge is 2.07. The van der Waals surface area contributed by atoms with E-state index in [0.717, 1.165) is 12.2 Å². The van der Waals surface area contributed by atoms with Gasteiger partial charge in [-0.1, -0.05) is 12.1 Å². The molecule has 0 saturated heterocycles. The average molecular weight is 203 g/mol. The maximum Gasteiger partial charge on any atom is 0.119 e. The van der Waals surface area contributed by atoms with Gasteiger partial charge in [0.15, 0.2) is 0 Å². The van der Waals surface area contributed by atoms with Gasteiger partial charge in [0.2, 0.25) is 0 Å². The van der Waals surface area contributed by atoms with Gasteiger partial charge in [-0.15, -0.1) is 11.8 Å². The topological polar surface area (TPSA) is 21.3 Å². The third-order valence-corrected chi connectivity index (χ3v) is 2.33. The van der Waals surface area contributed by atoms with Crippen molar-refractivity contribution in [2.24, 2.45) is 0 Å². The second kappa shape index (κ2) is 6.10. The minimum Gasteiger partial charge on any atom is -0.497 e. The second-order valence-corrected chi connectivity index (χ2v) is 3.25. The number of nitrogens with one attached hydrogen (secondary N) is 1. The zero-order valence-corrected chi connectivity index (χ0v) is 9.50. The molecule has 15 heavy (non-hydrogen) atoms. The Labute approximate surface area is 91.6 Å². The fourth-order valence-corrected chi connectivity index (χ4v) is 1.45. The summed E-state index contributed by atoms with van der Waals surface area (Å²) in [6.07, 6.45) is 0.820. The van der Waals surface area contributed by atoms with Gasteiger partial charge in [-0.05, 0) is 31.7 Å². The molecule has 0 aliphatic rings. The molecule has 0 spiro atoms. The summed E-state index contributed by atoms with van der Waals surface area (Å²) in [5.41, 5.74) is 1.21. The van der Waals surface area contributed by atoms with E-state index < -0.39 is 0 Å². The number of methoxy groups -OCH3 is 1. The molecule has 0 bridgehead atoms. The van der Waals surface area contributed by atoms with Crippen LogP contribution in [0.15, 0.2) is 24.3 Å². The lowest BCUT2D eigenvalue weighted by atomic mass is 10.0. The Morgan fingerprint density at radius 3 is 2.87 bits per heavy atom. The zero-order chi connectivity index (χ0) is 11.1. The Kier molecular flexibility index (Phi) is 4.73. The van der Waals surface area contributed by atoms with Gasteiger partial charge in [0.25, 0.3) is 0 Å². The number of rotatable bonds is 4. The quantitative estimate of drug-likeness (QED) is 0.758. The van der Waals surface area contributed by atoms with Crippen molar-refractivity contribution in [3.05, 3.63) is 29.8 Å². The van der Waals surface area contributed by atoms with Crippen LogP contribution in [0.4, 0.5) is 0 Å². The van der Waals surface area contributed by atoms with Crippen LogP contribution in [0, 0.1) is 11.8 Å². The van der Waals surface area contributed by atoms with Gasteiger partial charge in [-0.2, -0.15) is 0 Å². The van der Waals surface area contributed by atoms with Gasteiger partial charge in [0, 0.05) is 12.5 Å². The van der Waals surface area contributed by atoms with E-state index in [2.05, 4.69) is 23.2 Å². The molecule has 0 aliphatic carbocycles. The molecule has 1 rings (SSSR count). The zero-order valence-electron chi connectivity index (χ0n) is 9.50. The van der Waals surface area contributed by atoms with Crippen molar-refractivity contribution in [1.29, 1.82) is 0 Å². The molecule has 1 aromatic rings. The first-order valence-corrected chi connectivity index (χ1v) is 5.02. The molecule has 0 aromatic heterocycles. The van der Waals surface area contributed by atoms with Gasteiger partial charge in [0.05, 0.1) is 7.11 Å². The van der Waals surface area contributed by atoms with Crippen LogP contribution < -0.4 is 10.1 Å². The molecule has 0 heterocycles. The molecular weight excluding hydrogens is 186 g/mol. The van der Waals surface area contributed by atoms with E-state index in [4.69, 9.17) is 4.74 Å². The van der Waals surface area contributed by atoms with Gasteiger partial charge >= 0.3 is 0 Å². The summed E-state index contributed by atoms with van der Waals surface area (Å²) in [6.45, 7) is 1.86. The van der Waals surface area contributed by atoms with Gasteiger partial charge < -0.3 is 10.1 Å². The molecule has 2 heteroatoms. The summed E-state index contributed by atoms with van der Waals surface area (Å²) in [6, 6.07) is 8.34. The fourth-order valence-electron chi connectivity index (χ4n) is 1.45. The molecule has 1 unspecified atom stereocenters. The minimum absolute atomic E-state index is 0.271. The Morgan fingerprint density at radius 2 is 2.27 bits per heavy atom. The van der Waals surface area contributed by atoms with Gasteiger partial charge in [0.1, 0.15) is 5.75 Å². The van der Waals surface area contributed by atoms with Crippen molar-refractivity contribution < 1.29 is 4.74 Å². The van der Waals surface area contributed by atoms with E-state index in [-0.39, 0.29) is 6.04 Å². The number of ether oxygens (including phenoxy) is 1. The third kappa shape index (κ3) is 3.30. The summed E-state index contributed by atoms with van der Waals surface area (Å²) in [5, 5.41) is 3.25. The molecule has 2 nitrogen and oxygen atoms in total. The summed E-state index contributed by atoms with van der Waals surface area (Å²) < 4.78 is 5.19. The molecule has 0 fully saturated rings. The highest BCUT2D eigenvalue weighted by Crippen LogP contribution is 2.20. The van der Waals surface area contributed by atoms with Crippen molar-refractivity contribution in [3.63, 3.8) is 0 Å². The first-order valence-electron chi connectivity index (χ1n) is 5.02. The first kappa shape index (κ1) is 11.6. The average Bonchev–Trinajstić information content (AvgIpc) is 2.30. The smallest absolute Gasteiger partial charge is 0.119 e. The number of benzene rings is 1. The SMILES string of the molecule is CC#CCC(NC)c1cccc(OC)c1. The van der Waals surface area contributed by atoms with E-state index in [1.54, 1.807) is 7.11 Å². The van der Waals surface area contributed by atoms with E-state index >= 15 is 0 Å².